The van der Waals surface area contributed by atoms with Crippen molar-refractivity contribution < 1.29 is 4.74 Å². The first-order valence-corrected chi connectivity index (χ1v) is 4.89. The highest BCUT2D eigenvalue weighted by atomic mass is 16.5. The first-order chi connectivity index (χ1) is 6.81. The SMILES string of the molecule is CNCc1nc(C)nc2c1CCOC2. The van der Waals surface area contributed by atoms with E-state index in [2.05, 4.69) is 15.3 Å². The molecule has 0 aliphatic carbocycles. The van der Waals surface area contributed by atoms with E-state index in [9.17, 15) is 0 Å². The van der Waals surface area contributed by atoms with E-state index in [1.807, 2.05) is 14.0 Å². The van der Waals surface area contributed by atoms with Crippen molar-refractivity contribution in [3.63, 3.8) is 0 Å². The Bertz CT molecular complexity index is 338. The molecule has 1 N–H and O–H groups in total. The van der Waals surface area contributed by atoms with Crippen LogP contribution in [0, 0.1) is 6.92 Å². The molecule has 1 aliphatic rings. The van der Waals surface area contributed by atoms with Gasteiger partial charge >= 0.3 is 0 Å². The molecule has 76 valence electrons. The maximum atomic E-state index is 5.37. The summed E-state index contributed by atoms with van der Waals surface area (Å²) in [6, 6.07) is 0. The van der Waals surface area contributed by atoms with Crippen molar-refractivity contribution in [3.05, 3.63) is 22.8 Å². The van der Waals surface area contributed by atoms with Crippen molar-refractivity contribution >= 4 is 0 Å². The van der Waals surface area contributed by atoms with Gasteiger partial charge < -0.3 is 10.1 Å². The molecule has 0 unspecified atom stereocenters. The zero-order valence-corrected chi connectivity index (χ0v) is 8.63. The van der Waals surface area contributed by atoms with Gasteiger partial charge in [0.25, 0.3) is 0 Å². The fraction of sp³-hybridized carbons (Fsp3) is 0.600. The molecule has 0 saturated heterocycles. The average Bonchev–Trinajstić information content (AvgIpc) is 2.18. The average molecular weight is 193 g/mol. The van der Waals surface area contributed by atoms with Gasteiger partial charge in [0.15, 0.2) is 0 Å². The van der Waals surface area contributed by atoms with Crippen LogP contribution in [0.2, 0.25) is 0 Å². The molecule has 2 heterocycles. The minimum absolute atomic E-state index is 0.634. The first-order valence-electron chi connectivity index (χ1n) is 4.89. The van der Waals surface area contributed by atoms with E-state index >= 15 is 0 Å². The van der Waals surface area contributed by atoms with Crippen LogP contribution in [0.5, 0.6) is 0 Å². The van der Waals surface area contributed by atoms with Gasteiger partial charge in [-0.1, -0.05) is 0 Å². The molecule has 0 radical (unpaired) electrons. The smallest absolute Gasteiger partial charge is 0.125 e. The number of nitrogens with one attached hydrogen (secondary N) is 1. The predicted octanol–water partition coefficient (Wildman–Crippen LogP) is 0.577. The lowest BCUT2D eigenvalue weighted by Gasteiger charge is -2.18. The number of nitrogens with zero attached hydrogens (tertiary/aromatic N) is 2. The molecular weight excluding hydrogens is 178 g/mol. The third-order valence-corrected chi connectivity index (χ3v) is 2.37. The maximum absolute atomic E-state index is 5.37. The van der Waals surface area contributed by atoms with Crippen molar-refractivity contribution in [1.82, 2.24) is 15.3 Å². The Kier molecular flexibility index (Phi) is 2.74. The van der Waals surface area contributed by atoms with E-state index in [0.717, 1.165) is 36.8 Å². The molecule has 14 heavy (non-hydrogen) atoms. The topological polar surface area (TPSA) is 47.0 Å². The summed E-state index contributed by atoms with van der Waals surface area (Å²) in [4.78, 5) is 8.84. The Morgan fingerprint density at radius 3 is 3.07 bits per heavy atom. The van der Waals surface area contributed by atoms with Gasteiger partial charge in [-0.25, -0.2) is 9.97 Å². The van der Waals surface area contributed by atoms with Crippen LogP contribution in [0.1, 0.15) is 22.8 Å². The summed E-state index contributed by atoms with van der Waals surface area (Å²) in [5.41, 5.74) is 3.46. The lowest BCUT2D eigenvalue weighted by atomic mass is 10.1. The van der Waals surface area contributed by atoms with Crippen LogP contribution in [0.25, 0.3) is 0 Å². The number of ether oxygens (including phenoxy) is 1. The first kappa shape index (κ1) is 9.55. The number of fused-ring (bicyclic) bond motifs is 1. The lowest BCUT2D eigenvalue weighted by Crippen LogP contribution is -2.19. The third kappa shape index (κ3) is 1.76. The van der Waals surface area contributed by atoms with Gasteiger partial charge in [0.05, 0.1) is 24.6 Å². The summed E-state index contributed by atoms with van der Waals surface area (Å²) in [5, 5.41) is 3.13. The van der Waals surface area contributed by atoms with Crippen LogP contribution in [0.4, 0.5) is 0 Å². The van der Waals surface area contributed by atoms with Crippen LogP contribution in [-0.2, 0) is 24.3 Å². The fourth-order valence-corrected chi connectivity index (χ4v) is 1.78. The van der Waals surface area contributed by atoms with E-state index in [1.54, 1.807) is 0 Å². The molecule has 0 amide bonds. The molecule has 1 aromatic rings. The van der Waals surface area contributed by atoms with Crippen LogP contribution in [0.15, 0.2) is 0 Å². The highest BCUT2D eigenvalue weighted by Gasteiger charge is 2.16. The Morgan fingerprint density at radius 2 is 2.29 bits per heavy atom. The Hall–Kier alpha value is -1.00. The van der Waals surface area contributed by atoms with Crippen molar-refractivity contribution in [2.24, 2.45) is 0 Å². The summed E-state index contributed by atoms with van der Waals surface area (Å²) in [7, 11) is 1.93. The number of aryl methyl sites for hydroxylation is 1. The molecule has 0 aromatic carbocycles. The van der Waals surface area contributed by atoms with Crippen molar-refractivity contribution in [1.29, 1.82) is 0 Å². The molecule has 2 rings (SSSR count). The molecule has 4 nitrogen and oxygen atoms in total. The monoisotopic (exact) mass is 193 g/mol. The lowest BCUT2D eigenvalue weighted by molar-refractivity contribution is 0.106. The second-order valence-electron chi connectivity index (χ2n) is 3.48. The quantitative estimate of drug-likeness (QED) is 0.746. The van der Waals surface area contributed by atoms with Crippen molar-refractivity contribution in [2.75, 3.05) is 13.7 Å². The zero-order valence-electron chi connectivity index (χ0n) is 8.63. The van der Waals surface area contributed by atoms with Crippen molar-refractivity contribution in [3.8, 4) is 0 Å². The third-order valence-electron chi connectivity index (χ3n) is 2.37. The minimum atomic E-state index is 0.634. The highest BCUT2D eigenvalue weighted by molar-refractivity contribution is 5.27. The van der Waals surface area contributed by atoms with Gasteiger partial charge in [-0.05, 0) is 20.4 Å². The van der Waals surface area contributed by atoms with Gasteiger partial charge in [-0.15, -0.1) is 0 Å². The molecule has 0 fully saturated rings. The van der Waals surface area contributed by atoms with Crippen LogP contribution < -0.4 is 5.32 Å². The van der Waals surface area contributed by atoms with Crippen LogP contribution in [0.3, 0.4) is 0 Å². The van der Waals surface area contributed by atoms with Crippen LogP contribution in [-0.4, -0.2) is 23.6 Å². The largest absolute Gasteiger partial charge is 0.375 e. The van der Waals surface area contributed by atoms with Crippen LogP contribution >= 0.6 is 0 Å². The minimum Gasteiger partial charge on any atom is -0.375 e. The summed E-state index contributed by atoms with van der Waals surface area (Å²) in [5.74, 6) is 0.833. The Morgan fingerprint density at radius 1 is 1.43 bits per heavy atom. The molecule has 4 heteroatoms. The zero-order chi connectivity index (χ0) is 9.97. The summed E-state index contributed by atoms with van der Waals surface area (Å²) in [6.45, 7) is 4.16. The van der Waals surface area contributed by atoms with E-state index in [-0.39, 0.29) is 0 Å². The second-order valence-corrected chi connectivity index (χ2v) is 3.48. The van der Waals surface area contributed by atoms with E-state index in [0.29, 0.717) is 6.61 Å². The number of rotatable bonds is 2. The maximum Gasteiger partial charge on any atom is 0.125 e. The van der Waals surface area contributed by atoms with Gasteiger partial charge in [0, 0.05) is 12.1 Å². The highest BCUT2D eigenvalue weighted by Crippen LogP contribution is 2.17. The molecule has 0 atom stereocenters. The second kappa shape index (κ2) is 4.02. The molecule has 0 spiro atoms. The van der Waals surface area contributed by atoms with E-state index in [1.165, 1.54) is 5.56 Å². The fourth-order valence-electron chi connectivity index (χ4n) is 1.78. The predicted molar refractivity (Wildman–Crippen MR) is 52.9 cm³/mol. The van der Waals surface area contributed by atoms with Gasteiger partial charge in [0.2, 0.25) is 0 Å². The molecule has 0 bridgehead atoms. The summed E-state index contributed by atoms with van der Waals surface area (Å²) < 4.78 is 5.37. The van der Waals surface area contributed by atoms with Gasteiger partial charge in [-0.3, -0.25) is 0 Å². The van der Waals surface area contributed by atoms with Gasteiger partial charge in [0.1, 0.15) is 5.82 Å². The molecular formula is C10H15N3O. The summed E-state index contributed by atoms with van der Waals surface area (Å²) >= 11 is 0. The molecule has 0 saturated carbocycles. The van der Waals surface area contributed by atoms with E-state index in [4.69, 9.17) is 4.74 Å². The molecule has 1 aliphatic heterocycles. The Balaban J connectivity index is 2.41. The number of hydrogen-bond donors (Lipinski definition) is 1. The van der Waals surface area contributed by atoms with E-state index < -0.39 is 0 Å². The Labute approximate surface area is 83.7 Å². The molecule has 1 aromatic heterocycles. The van der Waals surface area contributed by atoms with Crippen molar-refractivity contribution in [2.45, 2.75) is 26.5 Å². The van der Waals surface area contributed by atoms with Gasteiger partial charge in [-0.2, -0.15) is 0 Å². The summed E-state index contributed by atoms with van der Waals surface area (Å²) in [6.07, 6.45) is 0.937. The normalized spacial score (nSPS) is 15.3. The number of aromatic nitrogens is 2. The standard InChI is InChI=1S/C10H15N3O/c1-7-12-9(5-11-2)8-3-4-14-6-10(8)13-7/h11H,3-6H2,1-2H3. The number of hydrogen-bond acceptors (Lipinski definition) is 4.